The van der Waals surface area contributed by atoms with E-state index in [0.717, 1.165) is 34.2 Å². The molecular weight excluding hydrogens is 402 g/mol. The molecule has 0 aliphatic rings. The number of carbonyl (C=O) groups excluding carboxylic acids is 1. The predicted octanol–water partition coefficient (Wildman–Crippen LogP) is 7.81. The monoisotopic (exact) mass is 441 g/mol. The van der Waals surface area contributed by atoms with Crippen molar-refractivity contribution in [1.82, 2.24) is 4.57 Å². The van der Waals surface area contributed by atoms with Crippen LogP contribution in [0.25, 0.3) is 17.0 Å². The second-order valence-corrected chi connectivity index (χ2v) is 13.5. The van der Waals surface area contributed by atoms with Gasteiger partial charge >= 0.3 is 0 Å². The Balaban J connectivity index is 2.49. The van der Waals surface area contributed by atoms with Gasteiger partial charge in [0.25, 0.3) is 0 Å². The standard InChI is InChI=1S/C26H39NO3Si/c1-8-9-10-11-12-13-16-20(2)25(30-31(5,6)7)19-23-22-17-14-15-18-24(22)27(21(3)28)26(23)29-4/h14-19H,8-13H2,1-7H3/b20-16+,25-19-. The largest absolute Gasteiger partial charge is 0.544 e. The third-order valence-corrected chi connectivity index (χ3v) is 6.05. The summed E-state index contributed by atoms with van der Waals surface area (Å²) in [6.07, 6.45) is 11.7. The van der Waals surface area contributed by atoms with Gasteiger partial charge in [0.1, 0.15) is 5.76 Å². The molecule has 0 amide bonds. The van der Waals surface area contributed by atoms with Crippen molar-refractivity contribution < 1.29 is 14.0 Å². The van der Waals surface area contributed by atoms with Gasteiger partial charge in [0.15, 0.2) is 0 Å². The van der Waals surface area contributed by atoms with Crippen LogP contribution in [-0.2, 0) is 4.43 Å². The summed E-state index contributed by atoms with van der Waals surface area (Å²) >= 11 is 0. The van der Waals surface area contributed by atoms with E-state index >= 15 is 0 Å². The minimum Gasteiger partial charge on any atom is -0.544 e. The average Bonchev–Trinajstić information content (AvgIpc) is 3.02. The first kappa shape index (κ1) is 25.0. The fourth-order valence-electron chi connectivity index (χ4n) is 3.75. The van der Waals surface area contributed by atoms with Gasteiger partial charge in [-0.05, 0) is 57.1 Å². The Morgan fingerprint density at radius 1 is 1.06 bits per heavy atom. The molecule has 170 valence electrons. The number of unbranched alkanes of at least 4 members (excludes halogenated alkanes) is 5. The maximum atomic E-state index is 12.4. The SMILES string of the molecule is CCCCCCC/C=C(C)/C(=C/c1c(OC)n(C(C)=O)c2ccccc12)O[Si](C)(C)C. The molecule has 0 spiro atoms. The summed E-state index contributed by atoms with van der Waals surface area (Å²) in [5.74, 6) is 1.36. The molecule has 1 aromatic carbocycles. The Bertz CT molecular complexity index is 947. The smallest absolute Gasteiger partial charge is 0.242 e. The summed E-state index contributed by atoms with van der Waals surface area (Å²) in [4.78, 5) is 12.4. The molecule has 0 unspecified atom stereocenters. The molecule has 0 N–H and O–H groups in total. The Hall–Kier alpha value is -2.27. The van der Waals surface area contributed by atoms with E-state index in [1.54, 1.807) is 18.6 Å². The van der Waals surface area contributed by atoms with Crippen molar-refractivity contribution in [2.24, 2.45) is 0 Å². The summed E-state index contributed by atoms with van der Waals surface area (Å²) in [5, 5.41) is 0.985. The number of fused-ring (bicyclic) bond motifs is 1. The number of hydrogen-bond donors (Lipinski definition) is 0. The van der Waals surface area contributed by atoms with Crippen molar-refractivity contribution in [3.8, 4) is 5.88 Å². The van der Waals surface area contributed by atoms with Crippen LogP contribution in [0.15, 0.2) is 41.7 Å². The van der Waals surface area contributed by atoms with Gasteiger partial charge in [0.2, 0.25) is 20.1 Å². The van der Waals surface area contributed by atoms with Gasteiger partial charge in [-0.1, -0.05) is 56.9 Å². The highest BCUT2D eigenvalue weighted by atomic mass is 28.4. The Labute approximate surface area is 189 Å². The number of nitrogens with zero attached hydrogens (tertiary/aromatic N) is 1. The summed E-state index contributed by atoms with van der Waals surface area (Å²) in [7, 11) is -0.222. The van der Waals surface area contributed by atoms with E-state index in [4.69, 9.17) is 9.16 Å². The normalized spacial score (nSPS) is 13.0. The molecule has 5 heteroatoms. The third kappa shape index (κ3) is 6.86. The number of allylic oxidation sites excluding steroid dienone is 2. The Morgan fingerprint density at radius 2 is 1.74 bits per heavy atom. The molecule has 0 bridgehead atoms. The first-order valence-electron chi connectivity index (χ1n) is 11.5. The van der Waals surface area contributed by atoms with Crippen LogP contribution in [0.5, 0.6) is 5.88 Å². The van der Waals surface area contributed by atoms with E-state index in [2.05, 4.69) is 45.6 Å². The van der Waals surface area contributed by atoms with Crippen molar-refractivity contribution in [2.75, 3.05) is 7.11 Å². The molecule has 0 saturated heterocycles. The molecule has 4 nitrogen and oxygen atoms in total. The topological polar surface area (TPSA) is 40.5 Å². The minimum atomic E-state index is -1.84. The van der Waals surface area contributed by atoms with Gasteiger partial charge in [-0.15, -0.1) is 0 Å². The van der Waals surface area contributed by atoms with Gasteiger partial charge in [-0.3, -0.25) is 9.36 Å². The first-order chi connectivity index (χ1) is 14.7. The van der Waals surface area contributed by atoms with Crippen LogP contribution in [0.4, 0.5) is 0 Å². The zero-order valence-electron chi connectivity index (χ0n) is 20.4. The summed E-state index contributed by atoms with van der Waals surface area (Å²) in [6, 6.07) is 7.91. The van der Waals surface area contributed by atoms with E-state index in [0.29, 0.717) is 5.88 Å². The molecule has 1 heterocycles. The fraction of sp³-hybridized carbons (Fsp3) is 0.500. The highest BCUT2D eigenvalue weighted by Crippen LogP contribution is 2.35. The van der Waals surface area contributed by atoms with E-state index in [1.165, 1.54) is 32.1 Å². The molecule has 0 aliphatic carbocycles. The Morgan fingerprint density at radius 3 is 2.35 bits per heavy atom. The molecule has 31 heavy (non-hydrogen) atoms. The van der Waals surface area contributed by atoms with E-state index in [1.807, 2.05) is 24.3 Å². The molecule has 1 aromatic heterocycles. The number of carbonyl (C=O) groups is 1. The lowest BCUT2D eigenvalue weighted by Gasteiger charge is -2.23. The van der Waals surface area contributed by atoms with Gasteiger partial charge < -0.3 is 9.16 Å². The molecule has 0 saturated carbocycles. The highest BCUT2D eigenvalue weighted by molar-refractivity contribution is 6.70. The van der Waals surface area contributed by atoms with E-state index < -0.39 is 8.32 Å². The maximum Gasteiger partial charge on any atom is 0.242 e. The summed E-state index contributed by atoms with van der Waals surface area (Å²) < 4.78 is 13.8. The van der Waals surface area contributed by atoms with Crippen molar-refractivity contribution >= 4 is 31.2 Å². The number of rotatable bonds is 11. The number of ether oxygens (including phenoxy) is 1. The predicted molar refractivity (Wildman–Crippen MR) is 134 cm³/mol. The van der Waals surface area contributed by atoms with Crippen LogP contribution in [0.2, 0.25) is 19.6 Å². The first-order valence-corrected chi connectivity index (χ1v) is 14.9. The molecule has 2 rings (SSSR count). The highest BCUT2D eigenvalue weighted by Gasteiger charge is 2.22. The minimum absolute atomic E-state index is 0.0697. The van der Waals surface area contributed by atoms with Crippen molar-refractivity contribution in [3.05, 3.63) is 47.2 Å². The second kappa shape index (κ2) is 11.4. The Kier molecular flexibility index (Phi) is 9.17. The lowest BCUT2D eigenvalue weighted by atomic mass is 10.1. The number of benzene rings is 1. The van der Waals surface area contributed by atoms with Gasteiger partial charge in [-0.25, -0.2) is 0 Å². The molecule has 2 aromatic rings. The quantitative estimate of drug-likeness (QED) is 0.154. The maximum absolute atomic E-state index is 12.4. The lowest BCUT2D eigenvalue weighted by Crippen LogP contribution is -2.25. The van der Waals surface area contributed by atoms with Crippen LogP contribution in [0.3, 0.4) is 0 Å². The second-order valence-electron chi connectivity index (χ2n) is 9.11. The molecule has 0 radical (unpaired) electrons. The fourth-order valence-corrected chi connectivity index (χ4v) is 4.63. The van der Waals surface area contributed by atoms with Gasteiger partial charge in [-0.2, -0.15) is 0 Å². The number of aromatic nitrogens is 1. The lowest BCUT2D eigenvalue weighted by molar-refractivity contribution is 0.0932. The van der Waals surface area contributed by atoms with Gasteiger partial charge in [0, 0.05) is 17.9 Å². The number of methoxy groups -OCH3 is 1. The molecular formula is C26H39NO3Si. The number of hydrogen-bond acceptors (Lipinski definition) is 3. The van der Waals surface area contributed by atoms with Gasteiger partial charge in [0.05, 0.1) is 12.6 Å². The van der Waals surface area contributed by atoms with E-state index in [-0.39, 0.29) is 5.91 Å². The van der Waals surface area contributed by atoms with E-state index in [9.17, 15) is 4.79 Å². The third-order valence-electron chi connectivity index (χ3n) is 5.22. The zero-order chi connectivity index (χ0) is 23.0. The summed E-state index contributed by atoms with van der Waals surface area (Å²) in [5.41, 5.74) is 2.87. The zero-order valence-corrected chi connectivity index (χ0v) is 21.4. The van der Waals surface area contributed by atoms with Crippen LogP contribution in [0.1, 0.15) is 69.7 Å². The van der Waals surface area contributed by atoms with Crippen LogP contribution < -0.4 is 4.74 Å². The van der Waals surface area contributed by atoms with Crippen molar-refractivity contribution in [1.29, 1.82) is 0 Å². The summed E-state index contributed by atoms with van der Waals surface area (Å²) in [6.45, 7) is 12.5. The van der Waals surface area contributed by atoms with Crippen molar-refractivity contribution in [2.45, 2.75) is 78.9 Å². The number of para-hydroxylation sites is 1. The van der Waals surface area contributed by atoms with Crippen LogP contribution in [0, 0.1) is 0 Å². The van der Waals surface area contributed by atoms with Crippen molar-refractivity contribution in [3.63, 3.8) is 0 Å². The average molecular weight is 442 g/mol. The molecule has 0 atom stereocenters. The molecule has 0 aliphatic heterocycles. The molecule has 0 fully saturated rings. The van der Waals surface area contributed by atoms with Crippen LogP contribution >= 0.6 is 0 Å². The van der Waals surface area contributed by atoms with Crippen LogP contribution in [-0.4, -0.2) is 25.9 Å².